The normalized spacial score (nSPS) is 12.5. The molecule has 3 nitrogen and oxygen atoms in total. The summed E-state index contributed by atoms with van der Waals surface area (Å²) in [6.07, 6.45) is 2.26. The quantitative estimate of drug-likeness (QED) is 0.318. The van der Waals surface area contributed by atoms with E-state index in [-0.39, 0.29) is 3.92 Å². The van der Waals surface area contributed by atoms with Gasteiger partial charge in [-0.3, -0.25) is 0 Å². The highest BCUT2D eigenvalue weighted by Crippen LogP contribution is 1.92. The number of alkyl halides is 1. The van der Waals surface area contributed by atoms with Crippen molar-refractivity contribution in [2.24, 2.45) is 0 Å². The van der Waals surface area contributed by atoms with Crippen molar-refractivity contribution in [3.8, 4) is 0 Å². The number of carbonyl (C=O) groups is 2. The molecule has 0 aromatic carbocycles. The molecule has 58 valence electrons. The molecule has 0 bridgehead atoms. The molecule has 0 rings (SSSR count). The van der Waals surface area contributed by atoms with E-state index in [2.05, 4.69) is 5.32 Å². The summed E-state index contributed by atoms with van der Waals surface area (Å²) < 4.78 is 0.0178. The van der Waals surface area contributed by atoms with Gasteiger partial charge >= 0.3 is 0 Å². The molecule has 10 heavy (non-hydrogen) atoms. The zero-order valence-electron chi connectivity index (χ0n) is 5.55. The van der Waals surface area contributed by atoms with Gasteiger partial charge in [-0.15, -0.1) is 0 Å². The Kier molecular flexibility index (Phi) is 7.16. The predicted octanol–water partition coefficient (Wildman–Crippen LogP) is 0.167. The van der Waals surface area contributed by atoms with Gasteiger partial charge in [-0.2, -0.15) is 0 Å². The first-order valence-corrected chi connectivity index (χ1v) is 4.29. The number of hydrogen-bond acceptors (Lipinski definition) is 3. The van der Waals surface area contributed by atoms with E-state index < -0.39 is 0 Å². The summed E-state index contributed by atoms with van der Waals surface area (Å²) in [6, 6.07) is 0. The monoisotopic (exact) mass is 255 g/mol. The average molecular weight is 255 g/mol. The Bertz CT molecular complexity index is 108. The Hall–Kier alpha value is 0.0300. The molecule has 0 saturated heterocycles. The zero-order valence-corrected chi connectivity index (χ0v) is 7.71. The molecule has 0 aromatic rings. The molecule has 0 aromatic heterocycles. The van der Waals surface area contributed by atoms with Crippen molar-refractivity contribution in [1.29, 1.82) is 0 Å². The van der Waals surface area contributed by atoms with Crippen LogP contribution in [0, 0.1) is 0 Å². The Morgan fingerprint density at radius 2 is 2.20 bits per heavy atom. The molecule has 1 atom stereocenters. The van der Waals surface area contributed by atoms with Crippen LogP contribution in [-0.4, -0.2) is 29.6 Å². The maximum Gasteiger partial charge on any atom is 0.134 e. The molecule has 0 heterocycles. The van der Waals surface area contributed by atoms with Crippen LogP contribution < -0.4 is 5.32 Å². The maximum atomic E-state index is 10.1. The van der Waals surface area contributed by atoms with Crippen LogP contribution in [0.25, 0.3) is 0 Å². The summed E-state index contributed by atoms with van der Waals surface area (Å²) in [5.41, 5.74) is 0. The molecule has 0 saturated carbocycles. The van der Waals surface area contributed by atoms with E-state index in [1.54, 1.807) is 0 Å². The lowest BCUT2D eigenvalue weighted by Gasteiger charge is -2.01. The number of carbonyl (C=O) groups excluding carboxylic acids is 2. The van der Waals surface area contributed by atoms with E-state index in [1.165, 1.54) is 0 Å². The number of rotatable bonds is 6. The third kappa shape index (κ3) is 6.15. The Morgan fingerprint density at radius 3 is 2.70 bits per heavy atom. The van der Waals surface area contributed by atoms with Gasteiger partial charge in [0.05, 0.1) is 3.92 Å². The van der Waals surface area contributed by atoms with Crippen molar-refractivity contribution in [3.05, 3.63) is 0 Å². The second-order valence-electron chi connectivity index (χ2n) is 1.81. The fourth-order valence-corrected chi connectivity index (χ4v) is 0.760. The van der Waals surface area contributed by atoms with Crippen LogP contribution in [-0.2, 0) is 9.59 Å². The molecule has 1 unspecified atom stereocenters. The number of aldehydes is 2. The molecular formula is C6H10INO2. The number of nitrogens with one attached hydrogen (secondary N) is 1. The molecule has 0 spiro atoms. The Labute approximate surface area is 73.7 Å². The lowest BCUT2D eigenvalue weighted by atomic mass is 10.4. The molecule has 0 radical (unpaired) electrons. The van der Waals surface area contributed by atoms with Crippen LogP contribution in [0.2, 0.25) is 0 Å². The third-order valence-corrected chi connectivity index (χ3v) is 1.66. The Morgan fingerprint density at radius 1 is 1.50 bits per heavy atom. The van der Waals surface area contributed by atoms with Gasteiger partial charge in [0, 0.05) is 19.5 Å². The highest BCUT2D eigenvalue weighted by Gasteiger charge is 1.98. The lowest BCUT2D eigenvalue weighted by Crippen LogP contribution is -2.24. The maximum absolute atomic E-state index is 10.1. The van der Waals surface area contributed by atoms with Crippen LogP contribution in [0.5, 0.6) is 0 Å². The Balaban J connectivity index is 3.02. The van der Waals surface area contributed by atoms with Crippen molar-refractivity contribution in [1.82, 2.24) is 5.32 Å². The van der Waals surface area contributed by atoms with Gasteiger partial charge in [0.2, 0.25) is 0 Å². The minimum absolute atomic E-state index is 0.0178. The van der Waals surface area contributed by atoms with Gasteiger partial charge in [-0.25, -0.2) is 0 Å². The van der Waals surface area contributed by atoms with E-state index in [0.29, 0.717) is 19.5 Å². The summed E-state index contributed by atoms with van der Waals surface area (Å²) in [6.45, 7) is 1.31. The van der Waals surface area contributed by atoms with E-state index in [4.69, 9.17) is 0 Å². The van der Waals surface area contributed by atoms with Gasteiger partial charge in [0.25, 0.3) is 0 Å². The first kappa shape index (κ1) is 10.0. The minimum Gasteiger partial charge on any atom is -0.315 e. The standard InChI is InChI=1S/C6H10INO2/c7-6(5-10)4-8-2-1-3-9/h3,5-6,8H,1-2,4H2. The summed E-state index contributed by atoms with van der Waals surface area (Å²) >= 11 is 2.04. The topological polar surface area (TPSA) is 46.2 Å². The largest absolute Gasteiger partial charge is 0.315 e. The molecule has 0 aliphatic carbocycles. The highest BCUT2D eigenvalue weighted by atomic mass is 127. The van der Waals surface area contributed by atoms with Crippen molar-refractivity contribution in [3.63, 3.8) is 0 Å². The SMILES string of the molecule is O=CCCNCC(I)C=O. The second-order valence-corrected chi connectivity index (χ2v) is 3.41. The summed E-state index contributed by atoms with van der Waals surface area (Å²) in [5.74, 6) is 0. The van der Waals surface area contributed by atoms with Crippen LogP contribution in [0.4, 0.5) is 0 Å². The first-order chi connectivity index (χ1) is 4.81. The summed E-state index contributed by atoms with van der Waals surface area (Å²) in [7, 11) is 0. The zero-order chi connectivity index (χ0) is 7.82. The average Bonchev–Trinajstić information content (AvgIpc) is 1.98. The van der Waals surface area contributed by atoms with Crippen LogP contribution in [0.3, 0.4) is 0 Å². The summed E-state index contributed by atoms with van der Waals surface area (Å²) in [5, 5.41) is 2.97. The lowest BCUT2D eigenvalue weighted by molar-refractivity contribution is -0.108. The number of halogens is 1. The van der Waals surface area contributed by atoms with Gasteiger partial charge < -0.3 is 14.9 Å². The summed E-state index contributed by atoms with van der Waals surface area (Å²) in [4.78, 5) is 19.9. The number of hydrogen-bond donors (Lipinski definition) is 1. The van der Waals surface area contributed by atoms with E-state index in [9.17, 15) is 9.59 Å². The van der Waals surface area contributed by atoms with E-state index >= 15 is 0 Å². The van der Waals surface area contributed by atoms with E-state index in [0.717, 1.165) is 12.6 Å². The van der Waals surface area contributed by atoms with Crippen molar-refractivity contribution in [2.45, 2.75) is 10.3 Å². The molecule has 1 N–H and O–H groups in total. The van der Waals surface area contributed by atoms with Crippen LogP contribution in [0.15, 0.2) is 0 Å². The molecule has 0 aliphatic rings. The molecule has 0 amide bonds. The van der Waals surface area contributed by atoms with Gasteiger partial charge in [-0.05, 0) is 0 Å². The van der Waals surface area contributed by atoms with Gasteiger partial charge in [-0.1, -0.05) is 22.6 Å². The minimum atomic E-state index is 0.0178. The van der Waals surface area contributed by atoms with Crippen molar-refractivity contribution < 1.29 is 9.59 Å². The second kappa shape index (κ2) is 7.14. The molecule has 4 heteroatoms. The third-order valence-electron chi connectivity index (χ3n) is 0.926. The van der Waals surface area contributed by atoms with Crippen molar-refractivity contribution >= 4 is 35.2 Å². The molecule has 0 fully saturated rings. The highest BCUT2D eigenvalue weighted by molar-refractivity contribution is 14.1. The van der Waals surface area contributed by atoms with Crippen LogP contribution >= 0.6 is 22.6 Å². The smallest absolute Gasteiger partial charge is 0.134 e. The van der Waals surface area contributed by atoms with E-state index in [1.807, 2.05) is 22.6 Å². The fraction of sp³-hybridized carbons (Fsp3) is 0.667. The van der Waals surface area contributed by atoms with Crippen LogP contribution in [0.1, 0.15) is 6.42 Å². The predicted molar refractivity (Wildman–Crippen MR) is 47.4 cm³/mol. The van der Waals surface area contributed by atoms with Crippen molar-refractivity contribution in [2.75, 3.05) is 13.1 Å². The first-order valence-electron chi connectivity index (χ1n) is 3.05. The molecular weight excluding hydrogens is 245 g/mol. The fourth-order valence-electron chi connectivity index (χ4n) is 0.449. The molecule has 0 aliphatic heterocycles. The van der Waals surface area contributed by atoms with Gasteiger partial charge in [0.1, 0.15) is 12.6 Å². The van der Waals surface area contributed by atoms with Gasteiger partial charge in [0.15, 0.2) is 0 Å².